The van der Waals surface area contributed by atoms with E-state index in [9.17, 15) is 8.42 Å². The van der Waals surface area contributed by atoms with Gasteiger partial charge in [0.05, 0.1) is 10.6 Å². The van der Waals surface area contributed by atoms with Crippen LogP contribution in [0.3, 0.4) is 0 Å². The Hall–Kier alpha value is -2.89. The Morgan fingerprint density at radius 1 is 0.893 bits per heavy atom. The number of hydrogen-bond acceptors (Lipinski definition) is 4. The molecule has 140 valence electrons. The molecule has 0 aliphatic heterocycles. The van der Waals surface area contributed by atoms with Crippen LogP contribution in [0.2, 0.25) is 5.02 Å². The van der Waals surface area contributed by atoms with Crippen LogP contribution in [-0.2, 0) is 9.84 Å². The zero-order valence-electron chi connectivity index (χ0n) is 15.0. The van der Waals surface area contributed by atoms with Crippen molar-refractivity contribution < 1.29 is 12.8 Å². The van der Waals surface area contributed by atoms with Gasteiger partial charge in [-0.3, -0.25) is 0 Å². The van der Waals surface area contributed by atoms with Gasteiger partial charge in [0.1, 0.15) is 10.5 Å². The molecule has 1 heterocycles. The normalized spacial score (nSPS) is 12.4. The van der Waals surface area contributed by atoms with Crippen LogP contribution in [0.25, 0.3) is 11.0 Å². The highest BCUT2D eigenvalue weighted by Crippen LogP contribution is 2.24. The lowest BCUT2D eigenvalue weighted by Crippen LogP contribution is -2.15. The number of sulfone groups is 1. The SMILES string of the molecule is Cc1ccc(S(=O)(=O)c2cc3ccccc3oc2=Nc2cccc(Cl)c2)cc1. The topological polar surface area (TPSA) is 59.6 Å². The van der Waals surface area contributed by atoms with Crippen molar-refractivity contribution in [2.45, 2.75) is 16.7 Å². The number of halogens is 1. The fourth-order valence-electron chi connectivity index (χ4n) is 2.83. The quantitative estimate of drug-likeness (QED) is 0.451. The van der Waals surface area contributed by atoms with Crippen molar-refractivity contribution in [3.63, 3.8) is 0 Å². The fourth-order valence-corrected chi connectivity index (χ4v) is 4.36. The second-order valence-corrected chi connectivity index (χ2v) is 8.72. The monoisotopic (exact) mass is 409 g/mol. The molecule has 28 heavy (non-hydrogen) atoms. The average molecular weight is 410 g/mol. The van der Waals surface area contributed by atoms with E-state index in [0.717, 1.165) is 5.56 Å². The third-order valence-corrected chi connectivity index (χ3v) is 6.28. The van der Waals surface area contributed by atoms with E-state index in [4.69, 9.17) is 16.0 Å². The van der Waals surface area contributed by atoms with E-state index < -0.39 is 9.84 Å². The van der Waals surface area contributed by atoms with Crippen LogP contribution in [-0.4, -0.2) is 8.42 Å². The Labute approximate surface area is 167 Å². The summed E-state index contributed by atoms with van der Waals surface area (Å²) in [5, 5.41) is 1.18. The third-order valence-electron chi connectivity index (χ3n) is 4.28. The first kappa shape index (κ1) is 18.5. The molecule has 0 unspecified atom stereocenters. The Morgan fingerprint density at radius 2 is 1.64 bits per heavy atom. The summed E-state index contributed by atoms with van der Waals surface area (Å²) in [5.41, 5.74) is 2.05. The molecule has 6 heteroatoms. The summed E-state index contributed by atoms with van der Waals surface area (Å²) < 4.78 is 32.5. The molecule has 0 bridgehead atoms. The van der Waals surface area contributed by atoms with Gasteiger partial charge in [0, 0.05) is 10.4 Å². The highest BCUT2D eigenvalue weighted by atomic mass is 35.5. The van der Waals surface area contributed by atoms with E-state index in [-0.39, 0.29) is 15.3 Å². The number of rotatable bonds is 3. The molecular formula is C22H16ClNO3S. The van der Waals surface area contributed by atoms with Crippen LogP contribution in [0.5, 0.6) is 0 Å². The van der Waals surface area contributed by atoms with Crippen molar-refractivity contribution in [3.8, 4) is 0 Å². The molecule has 0 aliphatic rings. The highest BCUT2D eigenvalue weighted by Gasteiger charge is 2.22. The van der Waals surface area contributed by atoms with Crippen LogP contribution in [0.4, 0.5) is 5.69 Å². The van der Waals surface area contributed by atoms with Gasteiger partial charge >= 0.3 is 0 Å². The van der Waals surface area contributed by atoms with Crippen molar-refractivity contribution in [2.75, 3.05) is 0 Å². The summed E-state index contributed by atoms with van der Waals surface area (Å²) in [4.78, 5) is 4.63. The smallest absolute Gasteiger partial charge is 0.239 e. The van der Waals surface area contributed by atoms with E-state index in [1.54, 1.807) is 66.7 Å². The molecule has 0 radical (unpaired) electrons. The summed E-state index contributed by atoms with van der Waals surface area (Å²) >= 11 is 6.04. The Bertz CT molecular complexity index is 1340. The maximum atomic E-state index is 13.3. The zero-order chi connectivity index (χ0) is 19.7. The van der Waals surface area contributed by atoms with Crippen molar-refractivity contribution in [3.05, 3.63) is 95.0 Å². The van der Waals surface area contributed by atoms with E-state index in [1.807, 2.05) is 19.1 Å². The molecule has 4 aromatic rings. The van der Waals surface area contributed by atoms with Gasteiger partial charge < -0.3 is 4.42 Å². The molecule has 0 N–H and O–H groups in total. The van der Waals surface area contributed by atoms with Crippen LogP contribution in [0, 0.1) is 6.92 Å². The maximum absolute atomic E-state index is 13.3. The minimum absolute atomic E-state index is 0.00929. The number of fused-ring (bicyclic) bond motifs is 1. The van der Waals surface area contributed by atoms with Gasteiger partial charge in [0.25, 0.3) is 0 Å². The largest absolute Gasteiger partial charge is 0.437 e. The highest BCUT2D eigenvalue weighted by molar-refractivity contribution is 7.91. The lowest BCUT2D eigenvalue weighted by atomic mass is 10.2. The van der Waals surface area contributed by atoms with E-state index >= 15 is 0 Å². The van der Waals surface area contributed by atoms with Gasteiger partial charge in [-0.1, -0.05) is 53.6 Å². The average Bonchev–Trinajstić information content (AvgIpc) is 2.68. The van der Waals surface area contributed by atoms with Gasteiger partial charge in [-0.25, -0.2) is 13.4 Å². The first-order valence-corrected chi connectivity index (χ1v) is 10.4. The van der Waals surface area contributed by atoms with Gasteiger partial charge in [0.15, 0.2) is 0 Å². The Balaban J connectivity index is 2.02. The number of benzene rings is 3. The molecular weight excluding hydrogens is 394 g/mol. The molecule has 3 aromatic carbocycles. The Morgan fingerprint density at radius 3 is 2.39 bits per heavy atom. The molecule has 4 nitrogen and oxygen atoms in total. The minimum atomic E-state index is -3.83. The number of nitrogens with zero attached hydrogens (tertiary/aromatic N) is 1. The predicted octanol–water partition coefficient (Wildman–Crippen LogP) is 5.46. The molecule has 0 saturated carbocycles. The molecule has 0 atom stereocenters. The predicted molar refractivity (Wildman–Crippen MR) is 110 cm³/mol. The molecule has 4 rings (SSSR count). The van der Waals surface area contributed by atoms with Crippen molar-refractivity contribution in [1.82, 2.24) is 0 Å². The number of para-hydroxylation sites is 1. The Kier molecular flexibility index (Phi) is 4.79. The summed E-state index contributed by atoms with van der Waals surface area (Å²) in [6.07, 6.45) is 0. The van der Waals surface area contributed by atoms with Crippen molar-refractivity contribution in [2.24, 2.45) is 4.99 Å². The van der Waals surface area contributed by atoms with E-state index in [2.05, 4.69) is 4.99 Å². The van der Waals surface area contributed by atoms with E-state index in [0.29, 0.717) is 21.7 Å². The van der Waals surface area contributed by atoms with Gasteiger partial charge in [-0.05, 0) is 49.4 Å². The molecule has 0 aliphatic carbocycles. The van der Waals surface area contributed by atoms with Crippen molar-refractivity contribution >= 4 is 38.1 Å². The third kappa shape index (κ3) is 3.59. The summed E-state index contributed by atoms with van der Waals surface area (Å²) in [7, 11) is -3.83. The van der Waals surface area contributed by atoms with Crippen LogP contribution in [0.15, 0.2) is 98.1 Å². The lowest BCUT2D eigenvalue weighted by Gasteiger charge is -2.07. The second-order valence-electron chi connectivity index (χ2n) is 6.36. The van der Waals surface area contributed by atoms with Crippen LogP contribution in [0.1, 0.15) is 5.56 Å². The number of aryl methyl sites for hydroxylation is 1. The van der Waals surface area contributed by atoms with Crippen LogP contribution < -0.4 is 5.55 Å². The van der Waals surface area contributed by atoms with Gasteiger partial charge in [-0.15, -0.1) is 0 Å². The van der Waals surface area contributed by atoms with Gasteiger partial charge in [0.2, 0.25) is 15.4 Å². The fraction of sp³-hybridized carbons (Fsp3) is 0.0455. The minimum Gasteiger partial charge on any atom is -0.437 e. The standard InChI is InChI=1S/C22H16ClNO3S/c1-15-9-11-19(12-10-15)28(25,26)21-13-16-5-2-3-8-20(16)27-22(21)24-18-7-4-6-17(23)14-18/h2-14H,1H3. The van der Waals surface area contributed by atoms with E-state index in [1.165, 1.54) is 0 Å². The molecule has 0 saturated heterocycles. The zero-order valence-corrected chi connectivity index (χ0v) is 16.5. The van der Waals surface area contributed by atoms with Gasteiger partial charge in [-0.2, -0.15) is 0 Å². The summed E-state index contributed by atoms with van der Waals surface area (Å²) in [6.45, 7) is 1.90. The van der Waals surface area contributed by atoms with Crippen LogP contribution >= 0.6 is 11.6 Å². The summed E-state index contributed by atoms with van der Waals surface area (Å²) in [6, 6.07) is 22.4. The first-order valence-electron chi connectivity index (χ1n) is 8.58. The first-order chi connectivity index (χ1) is 13.4. The summed E-state index contributed by atoms with van der Waals surface area (Å²) in [5.74, 6) is 0. The molecule has 0 fully saturated rings. The second kappa shape index (κ2) is 7.26. The molecule has 0 amide bonds. The lowest BCUT2D eigenvalue weighted by molar-refractivity contribution is 0.517. The number of hydrogen-bond donors (Lipinski definition) is 0. The molecule has 1 aromatic heterocycles. The van der Waals surface area contributed by atoms with Crippen molar-refractivity contribution in [1.29, 1.82) is 0 Å². The molecule has 0 spiro atoms. The maximum Gasteiger partial charge on any atom is 0.239 e.